The Hall–Kier alpha value is -1.43. The second kappa shape index (κ2) is 7.81. The summed E-state index contributed by atoms with van der Waals surface area (Å²) in [4.78, 5) is 11.7. The van der Waals surface area contributed by atoms with Crippen LogP contribution in [-0.4, -0.2) is 24.4 Å². The fourth-order valence-electron chi connectivity index (χ4n) is 1.34. The highest BCUT2D eigenvalue weighted by molar-refractivity contribution is 5.74. The van der Waals surface area contributed by atoms with Gasteiger partial charge in [0.2, 0.25) is 0 Å². The number of aliphatic hydroxyl groups is 1. The molecule has 0 amide bonds. The van der Waals surface area contributed by atoms with Crippen molar-refractivity contribution in [1.29, 1.82) is 0 Å². The van der Waals surface area contributed by atoms with Gasteiger partial charge in [-0.1, -0.05) is 19.1 Å². The molecular formula is C13H19NO4. The van der Waals surface area contributed by atoms with Crippen molar-refractivity contribution in [1.82, 2.24) is 0 Å². The van der Waals surface area contributed by atoms with E-state index in [2.05, 4.69) is 0 Å². The van der Waals surface area contributed by atoms with Gasteiger partial charge in [0.1, 0.15) is 5.75 Å². The summed E-state index contributed by atoms with van der Waals surface area (Å²) in [6.07, 6.45) is 0.574. The molecule has 1 unspecified atom stereocenters. The molecule has 1 aromatic rings. The van der Waals surface area contributed by atoms with Gasteiger partial charge < -0.3 is 20.3 Å². The minimum absolute atomic E-state index is 0.0267. The Kier molecular flexibility index (Phi) is 6.35. The summed E-state index contributed by atoms with van der Waals surface area (Å²) in [6.45, 7) is 2.35. The van der Waals surface area contributed by atoms with Gasteiger partial charge in [-0.15, -0.1) is 0 Å². The highest BCUT2D eigenvalue weighted by atomic mass is 16.5. The summed E-state index contributed by atoms with van der Waals surface area (Å²) in [5.41, 5.74) is 5.96. The largest absolute Gasteiger partial charge is 0.426 e. The average molecular weight is 253 g/mol. The fraction of sp³-hybridized carbons (Fsp3) is 0.462. The van der Waals surface area contributed by atoms with Crippen LogP contribution in [0.2, 0.25) is 0 Å². The number of ether oxygens (including phenoxy) is 2. The number of carbonyl (C=O) groups is 1. The van der Waals surface area contributed by atoms with E-state index in [4.69, 9.17) is 20.3 Å². The van der Waals surface area contributed by atoms with Crippen molar-refractivity contribution < 1.29 is 19.4 Å². The lowest BCUT2D eigenvalue weighted by Crippen LogP contribution is -2.20. The van der Waals surface area contributed by atoms with Gasteiger partial charge in [-0.25, -0.2) is 0 Å². The molecule has 5 heteroatoms. The predicted molar refractivity (Wildman–Crippen MR) is 66.8 cm³/mol. The van der Waals surface area contributed by atoms with Crippen LogP contribution in [0.4, 0.5) is 0 Å². The van der Waals surface area contributed by atoms with E-state index in [0.717, 1.165) is 5.56 Å². The Morgan fingerprint density at radius 2 is 2.06 bits per heavy atom. The van der Waals surface area contributed by atoms with Crippen LogP contribution in [-0.2, 0) is 16.1 Å². The smallest absolute Gasteiger partial charge is 0.314 e. The third-order valence-electron chi connectivity index (χ3n) is 2.54. The maximum atomic E-state index is 11.7. The minimum Gasteiger partial charge on any atom is -0.426 e. The lowest BCUT2D eigenvalue weighted by atomic mass is 10.1. The van der Waals surface area contributed by atoms with Crippen molar-refractivity contribution >= 4 is 5.97 Å². The number of hydrogen-bond donors (Lipinski definition) is 2. The Balaban J connectivity index is 2.42. The van der Waals surface area contributed by atoms with Gasteiger partial charge in [-0.05, 0) is 24.1 Å². The number of aliphatic hydroxyl groups excluding tert-OH is 1. The van der Waals surface area contributed by atoms with Gasteiger partial charge in [0.05, 0.1) is 19.3 Å². The highest BCUT2D eigenvalue weighted by Crippen LogP contribution is 2.15. The molecule has 1 atom stereocenters. The van der Waals surface area contributed by atoms with Crippen molar-refractivity contribution in [3.05, 3.63) is 29.8 Å². The molecule has 0 aromatic heterocycles. The summed E-state index contributed by atoms with van der Waals surface area (Å²) in [7, 11) is 0. The number of esters is 1. The Labute approximate surface area is 107 Å². The van der Waals surface area contributed by atoms with Crippen LogP contribution in [0.1, 0.15) is 18.9 Å². The molecule has 1 rings (SSSR count). The van der Waals surface area contributed by atoms with Gasteiger partial charge >= 0.3 is 5.97 Å². The summed E-state index contributed by atoms with van der Waals surface area (Å²) >= 11 is 0. The van der Waals surface area contributed by atoms with Crippen molar-refractivity contribution in [3.63, 3.8) is 0 Å². The first-order valence-electron chi connectivity index (χ1n) is 5.86. The zero-order valence-electron chi connectivity index (χ0n) is 10.5. The molecule has 0 fully saturated rings. The Bertz CT molecular complexity index is 364. The first-order chi connectivity index (χ1) is 8.67. The SMILES string of the molecule is CC(CCOCN)C(=O)Oc1ccc(CO)cc1. The third-order valence-corrected chi connectivity index (χ3v) is 2.54. The molecule has 0 aliphatic carbocycles. The molecule has 0 heterocycles. The van der Waals surface area contributed by atoms with Crippen LogP contribution < -0.4 is 10.5 Å². The van der Waals surface area contributed by atoms with E-state index >= 15 is 0 Å². The first-order valence-corrected chi connectivity index (χ1v) is 5.86. The second-order valence-corrected chi connectivity index (χ2v) is 3.99. The van der Waals surface area contributed by atoms with Crippen molar-refractivity contribution in [2.45, 2.75) is 20.0 Å². The van der Waals surface area contributed by atoms with Crippen LogP contribution >= 0.6 is 0 Å². The average Bonchev–Trinajstić information content (AvgIpc) is 2.39. The molecule has 100 valence electrons. The van der Waals surface area contributed by atoms with Gasteiger partial charge in [-0.3, -0.25) is 4.79 Å². The maximum Gasteiger partial charge on any atom is 0.314 e. The Morgan fingerprint density at radius 1 is 1.39 bits per heavy atom. The van der Waals surface area contributed by atoms with Gasteiger partial charge in [0.15, 0.2) is 0 Å². The van der Waals surface area contributed by atoms with Gasteiger partial charge in [0, 0.05) is 6.61 Å². The monoisotopic (exact) mass is 253 g/mol. The predicted octanol–water partition coefficient (Wildman–Crippen LogP) is 1.04. The number of benzene rings is 1. The van der Waals surface area contributed by atoms with E-state index in [1.54, 1.807) is 31.2 Å². The summed E-state index contributed by atoms with van der Waals surface area (Å²) in [5, 5.41) is 8.89. The summed E-state index contributed by atoms with van der Waals surface area (Å²) in [5.74, 6) is -0.0646. The molecule has 0 bridgehead atoms. The number of carbonyl (C=O) groups excluding carboxylic acids is 1. The molecule has 5 nitrogen and oxygen atoms in total. The molecule has 0 aliphatic heterocycles. The van der Waals surface area contributed by atoms with E-state index in [-0.39, 0.29) is 25.2 Å². The fourth-order valence-corrected chi connectivity index (χ4v) is 1.34. The first kappa shape index (κ1) is 14.6. The zero-order chi connectivity index (χ0) is 13.4. The number of hydrogen-bond acceptors (Lipinski definition) is 5. The van der Waals surface area contributed by atoms with E-state index in [1.807, 2.05) is 0 Å². The second-order valence-electron chi connectivity index (χ2n) is 3.99. The van der Waals surface area contributed by atoms with Gasteiger partial charge in [-0.2, -0.15) is 0 Å². The normalized spacial score (nSPS) is 12.2. The number of rotatable bonds is 7. The molecular weight excluding hydrogens is 234 g/mol. The molecule has 0 saturated carbocycles. The van der Waals surface area contributed by atoms with Crippen LogP contribution in [0.3, 0.4) is 0 Å². The van der Waals surface area contributed by atoms with Crippen molar-refractivity contribution in [3.8, 4) is 5.75 Å². The lowest BCUT2D eigenvalue weighted by Gasteiger charge is -2.11. The van der Waals surface area contributed by atoms with Crippen molar-refractivity contribution in [2.75, 3.05) is 13.3 Å². The molecule has 0 radical (unpaired) electrons. The van der Waals surface area contributed by atoms with Crippen LogP contribution in [0.25, 0.3) is 0 Å². The van der Waals surface area contributed by atoms with Crippen LogP contribution in [0, 0.1) is 5.92 Å². The van der Waals surface area contributed by atoms with Crippen LogP contribution in [0.15, 0.2) is 24.3 Å². The minimum atomic E-state index is -0.299. The van der Waals surface area contributed by atoms with E-state index < -0.39 is 0 Å². The Morgan fingerprint density at radius 3 is 2.61 bits per heavy atom. The molecule has 3 N–H and O–H groups in total. The molecule has 0 aliphatic rings. The molecule has 18 heavy (non-hydrogen) atoms. The highest BCUT2D eigenvalue weighted by Gasteiger charge is 2.15. The quantitative estimate of drug-likeness (QED) is 0.328. The van der Waals surface area contributed by atoms with E-state index in [9.17, 15) is 4.79 Å². The molecule has 0 spiro atoms. The summed E-state index contributed by atoms with van der Waals surface area (Å²) < 4.78 is 10.2. The lowest BCUT2D eigenvalue weighted by molar-refractivity contribution is -0.139. The molecule has 0 saturated heterocycles. The van der Waals surface area contributed by atoms with E-state index in [1.165, 1.54) is 0 Å². The van der Waals surface area contributed by atoms with Crippen molar-refractivity contribution in [2.24, 2.45) is 11.7 Å². The standard InChI is InChI=1S/C13H19NO4/c1-10(6-7-17-9-14)13(16)18-12-4-2-11(8-15)3-5-12/h2-5,10,15H,6-9,14H2,1H3. The number of nitrogens with two attached hydrogens (primary N) is 1. The van der Waals surface area contributed by atoms with E-state index in [0.29, 0.717) is 18.8 Å². The molecule has 1 aromatic carbocycles. The van der Waals surface area contributed by atoms with Crippen LogP contribution in [0.5, 0.6) is 5.75 Å². The zero-order valence-corrected chi connectivity index (χ0v) is 10.5. The van der Waals surface area contributed by atoms with Gasteiger partial charge in [0.25, 0.3) is 0 Å². The summed E-state index contributed by atoms with van der Waals surface area (Å²) in [6, 6.07) is 6.74. The third kappa shape index (κ3) is 4.83. The maximum absolute atomic E-state index is 11.7. The topological polar surface area (TPSA) is 81.8 Å².